The van der Waals surface area contributed by atoms with Gasteiger partial charge in [-0.1, -0.05) is 6.07 Å². The summed E-state index contributed by atoms with van der Waals surface area (Å²) in [5.41, 5.74) is 0.0361. The fourth-order valence-electron chi connectivity index (χ4n) is 1.98. The van der Waals surface area contributed by atoms with E-state index in [1.54, 1.807) is 0 Å². The summed E-state index contributed by atoms with van der Waals surface area (Å²) in [6, 6.07) is 5.38. The fraction of sp³-hybridized carbons (Fsp3) is 0.385. The Morgan fingerprint density at radius 3 is 2.86 bits per heavy atom. The number of amides is 2. The second kappa shape index (κ2) is 6.80. The van der Waals surface area contributed by atoms with Crippen molar-refractivity contribution >= 4 is 23.2 Å². The van der Waals surface area contributed by atoms with Gasteiger partial charge in [0.1, 0.15) is 0 Å². The molecule has 0 aromatic heterocycles. The van der Waals surface area contributed by atoms with Crippen LogP contribution in [0.2, 0.25) is 0 Å². The highest BCUT2D eigenvalue weighted by atomic mass is 16.6. The summed E-state index contributed by atoms with van der Waals surface area (Å²) >= 11 is 0. The smallest absolute Gasteiger partial charge is 0.313 e. The second-order valence-electron chi connectivity index (χ2n) is 4.61. The number of carbonyl (C=O) groups is 2. The quantitative estimate of drug-likeness (QED) is 0.485. The van der Waals surface area contributed by atoms with Gasteiger partial charge in [-0.25, -0.2) is 0 Å². The largest absolute Gasteiger partial charge is 0.376 e. The van der Waals surface area contributed by atoms with E-state index in [2.05, 4.69) is 10.6 Å². The van der Waals surface area contributed by atoms with Crippen molar-refractivity contribution in [3.8, 4) is 0 Å². The highest BCUT2D eigenvalue weighted by molar-refractivity contribution is 6.39. The molecule has 0 saturated carbocycles. The van der Waals surface area contributed by atoms with Crippen LogP contribution in [0.5, 0.6) is 0 Å². The number of carbonyl (C=O) groups excluding carboxylic acids is 2. The van der Waals surface area contributed by atoms with Gasteiger partial charge in [-0.05, 0) is 18.9 Å². The molecule has 0 unspecified atom stereocenters. The first-order valence-electron chi connectivity index (χ1n) is 6.51. The normalized spacial score (nSPS) is 17.2. The maximum absolute atomic E-state index is 11.7. The van der Waals surface area contributed by atoms with Gasteiger partial charge < -0.3 is 15.4 Å². The number of nitrogens with one attached hydrogen (secondary N) is 2. The fourth-order valence-corrected chi connectivity index (χ4v) is 1.98. The molecule has 1 fully saturated rings. The van der Waals surface area contributed by atoms with E-state index in [1.807, 2.05) is 0 Å². The molecule has 21 heavy (non-hydrogen) atoms. The van der Waals surface area contributed by atoms with Crippen molar-refractivity contribution < 1.29 is 19.2 Å². The third kappa shape index (κ3) is 4.25. The Labute approximate surface area is 120 Å². The zero-order valence-electron chi connectivity index (χ0n) is 11.2. The Bertz CT molecular complexity index is 554. The number of nitrogens with zero attached hydrogens (tertiary/aromatic N) is 1. The Hall–Kier alpha value is -2.48. The third-order valence-corrected chi connectivity index (χ3v) is 3.04. The van der Waals surface area contributed by atoms with Gasteiger partial charge in [-0.3, -0.25) is 19.7 Å². The van der Waals surface area contributed by atoms with Crippen molar-refractivity contribution in [2.75, 3.05) is 18.5 Å². The van der Waals surface area contributed by atoms with Crippen LogP contribution in [-0.2, 0) is 14.3 Å². The molecule has 8 heteroatoms. The van der Waals surface area contributed by atoms with Gasteiger partial charge in [0.25, 0.3) is 5.69 Å². The Balaban J connectivity index is 1.86. The maximum Gasteiger partial charge on any atom is 0.313 e. The maximum atomic E-state index is 11.7. The number of ether oxygens (including phenoxy) is 1. The zero-order chi connectivity index (χ0) is 15.2. The van der Waals surface area contributed by atoms with Crippen LogP contribution >= 0.6 is 0 Å². The number of hydrogen-bond acceptors (Lipinski definition) is 5. The van der Waals surface area contributed by atoms with Gasteiger partial charge in [0, 0.05) is 31.0 Å². The zero-order valence-corrected chi connectivity index (χ0v) is 11.2. The highest BCUT2D eigenvalue weighted by Crippen LogP contribution is 2.16. The SMILES string of the molecule is O=C(NC[C@@H]1CCCO1)C(=O)Nc1cccc([N+](=O)[O-])c1. The molecule has 0 radical (unpaired) electrons. The molecule has 1 aliphatic rings. The number of non-ortho nitro benzene ring substituents is 1. The number of nitro benzene ring substituents is 1. The van der Waals surface area contributed by atoms with E-state index in [-0.39, 0.29) is 24.0 Å². The first-order chi connectivity index (χ1) is 10.1. The predicted molar refractivity (Wildman–Crippen MR) is 73.7 cm³/mol. The Morgan fingerprint density at radius 1 is 1.38 bits per heavy atom. The number of benzene rings is 1. The van der Waals surface area contributed by atoms with E-state index in [0.29, 0.717) is 6.61 Å². The minimum absolute atomic E-state index is 0.0560. The molecule has 0 bridgehead atoms. The van der Waals surface area contributed by atoms with Crippen LogP contribution in [0.4, 0.5) is 11.4 Å². The molecule has 2 rings (SSSR count). The molecule has 1 saturated heterocycles. The molecule has 8 nitrogen and oxygen atoms in total. The van der Waals surface area contributed by atoms with Crippen LogP contribution < -0.4 is 10.6 Å². The molecule has 1 aromatic carbocycles. The van der Waals surface area contributed by atoms with Crippen molar-refractivity contribution in [2.45, 2.75) is 18.9 Å². The molecular formula is C13H15N3O5. The van der Waals surface area contributed by atoms with Crippen molar-refractivity contribution in [1.29, 1.82) is 0 Å². The molecule has 2 N–H and O–H groups in total. The molecule has 1 aliphatic heterocycles. The van der Waals surface area contributed by atoms with Crippen LogP contribution in [0.1, 0.15) is 12.8 Å². The summed E-state index contributed by atoms with van der Waals surface area (Å²) < 4.78 is 5.32. The number of rotatable bonds is 4. The number of anilines is 1. The van der Waals surface area contributed by atoms with Crippen molar-refractivity contribution in [2.24, 2.45) is 0 Å². The summed E-state index contributed by atoms with van der Waals surface area (Å²) in [7, 11) is 0. The monoisotopic (exact) mass is 293 g/mol. The van der Waals surface area contributed by atoms with Gasteiger partial charge in [0.05, 0.1) is 11.0 Å². The second-order valence-corrected chi connectivity index (χ2v) is 4.61. The number of hydrogen-bond donors (Lipinski definition) is 2. The van der Waals surface area contributed by atoms with Gasteiger partial charge in [-0.15, -0.1) is 0 Å². The molecule has 0 aliphatic carbocycles. The average molecular weight is 293 g/mol. The lowest BCUT2D eigenvalue weighted by Gasteiger charge is -2.10. The summed E-state index contributed by atoms with van der Waals surface area (Å²) in [6.07, 6.45) is 1.74. The van der Waals surface area contributed by atoms with Gasteiger partial charge in [-0.2, -0.15) is 0 Å². The minimum Gasteiger partial charge on any atom is -0.376 e. The Morgan fingerprint density at radius 2 is 2.19 bits per heavy atom. The van der Waals surface area contributed by atoms with E-state index in [0.717, 1.165) is 12.8 Å². The topological polar surface area (TPSA) is 111 Å². The van der Waals surface area contributed by atoms with Crippen molar-refractivity contribution in [3.05, 3.63) is 34.4 Å². The first-order valence-corrected chi connectivity index (χ1v) is 6.51. The van der Waals surface area contributed by atoms with E-state index in [4.69, 9.17) is 4.74 Å². The van der Waals surface area contributed by atoms with Crippen molar-refractivity contribution in [3.63, 3.8) is 0 Å². The van der Waals surface area contributed by atoms with E-state index in [9.17, 15) is 19.7 Å². The van der Waals surface area contributed by atoms with E-state index in [1.165, 1.54) is 24.3 Å². The van der Waals surface area contributed by atoms with E-state index >= 15 is 0 Å². The Kier molecular flexibility index (Phi) is 4.83. The van der Waals surface area contributed by atoms with Crippen LogP contribution in [0.25, 0.3) is 0 Å². The molecular weight excluding hydrogens is 278 g/mol. The summed E-state index contributed by atoms with van der Waals surface area (Å²) in [5.74, 6) is -1.66. The lowest BCUT2D eigenvalue weighted by molar-refractivity contribution is -0.384. The molecule has 2 amide bonds. The summed E-state index contributed by atoms with van der Waals surface area (Å²) in [5, 5.41) is 15.4. The van der Waals surface area contributed by atoms with Crippen LogP contribution in [-0.4, -0.2) is 36.0 Å². The van der Waals surface area contributed by atoms with Crippen molar-refractivity contribution in [1.82, 2.24) is 5.32 Å². The van der Waals surface area contributed by atoms with Crippen LogP contribution in [0, 0.1) is 10.1 Å². The molecule has 1 heterocycles. The third-order valence-electron chi connectivity index (χ3n) is 3.04. The summed E-state index contributed by atoms with van der Waals surface area (Å²) in [6.45, 7) is 0.946. The summed E-state index contributed by atoms with van der Waals surface area (Å²) in [4.78, 5) is 33.3. The average Bonchev–Trinajstić information content (AvgIpc) is 2.98. The van der Waals surface area contributed by atoms with Crippen LogP contribution in [0.3, 0.4) is 0 Å². The first kappa shape index (κ1) is 14.9. The standard InChI is InChI=1S/C13H15N3O5/c17-12(14-8-11-5-2-6-21-11)13(18)15-9-3-1-4-10(7-9)16(19)20/h1,3-4,7,11H,2,5-6,8H2,(H,14,17)(H,15,18)/t11-/m0/s1. The lowest BCUT2D eigenvalue weighted by atomic mass is 10.2. The van der Waals surface area contributed by atoms with Crippen LogP contribution in [0.15, 0.2) is 24.3 Å². The highest BCUT2D eigenvalue weighted by Gasteiger charge is 2.19. The predicted octanol–water partition coefficient (Wildman–Crippen LogP) is 0.828. The van der Waals surface area contributed by atoms with Gasteiger partial charge >= 0.3 is 11.8 Å². The van der Waals surface area contributed by atoms with Gasteiger partial charge in [0.2, 0.25) is 0 Å². The number of nitro groups is 1. The minimum atomic E-state index is -0.867. The molecule has 1 aromatic rings. The molecule has 112 valence electrons. The lowest BCUT2D eigenvalue weighted by Crippen LogP contribution is -2.39. The molecule has 0 spiro atoms. The van der Waals surface area contributed by atoms with Gasteiger partial charge in [0.15, 0.2) is 0 Å². The molecule has 1 atom stereocenters. The van der Waals surface area contributed by atoms with E-state index < -0.39 is 16.7 Å².